The number of carbonyl (C=O) groups excluding carboxylic acids is 2. The number of H-pyrrole nitrogens is 1. The molecule has 2 aliphatic rings. The Morgan fingerprint density at radius 3 is 2.72 bits per heavy atom. The normalized spacial score (nSPS) is 18.1. The van der Waals surface area contributed by atoms with E-state index in [1.54, 1.807) is 17.3 Å². The minimum absolute atomic E-state index is 0.00959. The van der Waals surface area contributed by atoms with Crippen molar-refractivity contribution in [1.82, 2.24) is 24.6 Å². The second-order valence-electron chi connectivity index (χ2n) is 9.82. The summed E-state index contributed by atoms with van der Waals surface area (Å²) in [6.45, 7) is 1.70. The zero-order chi connectivity index (χ0) is 31.0. The quantitative estimate of drug-likeness (QED) is 0.388. The molecular weight excluding hydrogens is 597 g/mol. The van der Waals surface area contributed by atoms with E-state index in [1.807, 2.05) is 0 Å². The van der Waals surface area contributed by atoms with Crippen molar-refractivity contribution in [3.05, 3.63) is 63.8 Å². The van der Waals surface area contributed by atoms with Gasteiger partial charge in [0.2, 0.25) is 11.8 Å². The van der Waals surface area contributed by atoms with Crippen LogP contribution in [-0.2, 0) is 27.0 Å². The van der Waals surface area contributed by atoms with Crippen molar-refractivity contribution in [2.75, 3.05) is 38.7 Å². The van der Waals surface area contributed by atoms with Crippen LogP contribution in [0.3, 0.4) is 0 Å². The first-order valence-corrected chi connectivity index (χ1v) is 13.7. The lowest BCUT2D eigenvalue weighted by molar-refractivity contribution is -0.138. The minimum Gasteiger partial charge on any atom is -0.482 e. The third-order valence-electron chi connectivity index (χ3n) is 6.62. The van der Waals surface area contributed by atoms with Gasteiger partial charge in [0.25, 0.3) is 5.91 Å². The van der Waals surface area contributed by atoms with E-state index >= 15 is 0 Å². The number of methoxy groups -OCH3 is 1. The average molecular weight is 627 g/mol. The lowest BCUT2D eigenvalue weighted by atomic mass is 10.1. The zero-order valence-corrected chi connectivity index (χ0v) is 23.9. The second kappa shape index (κ2) is 14.4. The lowest BCUT2D eigenvalue weighted by Crippen LogP contribution is -2.32. The molecule has 3 aromatic heterocycles. The summed E-state index contributed by atoms with van der Waals surface area (Å²) in [6.07, 6.45) is 2.48. The van der Waals surface area contributed by atoms with E-state index in [4.69, 9.17) is 25.8 Å². The molecule has 2 saturated heterocycles. The van der Waals surface area contributed by atoms with E-state index in [0.29, 0.717) is 50.3 Å². The molecule has 0 aromatic carbocycles. The van der Waals surface area contributed by atoms with E-state index in [2.05, 4.69) is 20.4 Å². The van der Waals surface area contributed by atoms with Gasteiger partial charge in [0.15, 0.2) is 11.3 Å². The summed E-state index contributed by atoms with van der Waals surface area (Å²) in [7, 11) is 1.51. The standard InChI is InChI=1S/C21H23ClF3N5O4.C6H7NO2/c22-16-6-14(21(23,24)25)7-26-20(16)34-12-13-3-4-29(9-13)18(31)11-30-10-15(8-27-30)28-19(32)17-2-1-5-33-17;1-9-6-4-5(8)2-3-7-6/h6-8,10,13,17H,1-5,9,11-12H2,(H,28,32);2-4H,1H3,(H,7,8). The summed E-state index contributed by atoms with van der Waals surface area (Å²) >= 11 is 5.87. The van der Waals surface area contributed by atoms with Crippen molar-refractivity contribution >= 4 is 29.1 Å². The molecule has 0 bridgehead atoms. The summed E-state index contributed by atoms with van der Waals surface area (Å²) in [6, 6.07) is 3.60. The van der Waals surface area contributed by atoms with E-state index in [0.717, 1.165) is 12.5 Å². The SMILES string of the molecule is COc1cc(=O)cc[nH]1.O=C(Nc1cnn(CC(=O)N2CCC(COc3ncc(C(F)(F)F)cc3Cl)C2)c1)C1CCCO1. The molecule has 2 fully saturated rings. The molecule has 232 valence electrons. The van der Waals surface area contributed by atoms with E-state index < -0.39 is 17.8 Å². The number of aromatic nitrogens is 4. The van der Waals surface area contributed by atoms with Crippen LogP contribution in [0.5, 0.6) is 11.8 Å². The Kier molecular flexibility index (Phi) is 10.6. The van der Waals surface area contributed by atoms with Gasteiger partial charge < -0.3 is 29.4 Å². The van der Waals surface area contributed by atoms with E-state index in [9.17, 15) is 27.6 Å². The molecule has 2 N–H and O–H groups in total. The monoisotopic (exact) mass is 626 g/mol. The minimum atomic E-state index is -4.53. The molecule has 16 heteroatoms. The first-order valence-electron chi connectivity index (χ1n) is 13.3. The van der Waals surface area contributed by atoms with Crippen molar-refractivity contribution in [2.45, 2.75) is 38.1 Å². The van der Waals surface area contributed by atoms with Crippen molar-refractivity contribution in [1.29, 1.82) is 0 Å². The fourth-order valence-corrected chi connectivity index (χ4v) is 4.60. The fraction of sp³-hybridized carbons (Fsp3) is 0.444. The molecule has 2 aliphatic heterocycles. The number of hydrogen-bond acceptors (Lipinski definition) is 8. The van der Waals surface area contributed by atoms with Crippen LogP contribution in [-0.4, -0.2) is 76.0 Å². The molecule has 12 nitrogen and oxygen atoms in total. The van der Waals surface area contributed by atoms with Gasteiger partial charge in [-0.05, 0) is 25.3 Å². The molecule has 43 heavy (non-hydrogen) atoms. The summed E-state index contributed by atoms with van der Waals surface area (Å²) in [5, 5.41) is 6.64. The molecular formula is C27H30ClF3N6O6. The Hall–Kier alpha value is -4.11. The molecule has 0 aliphatic carbocycles. The number of amides is 2. The summed E-state index contributed by atoms with van der Waals surface area (Å²) in [5.41, 5.74) is -0.511. The first kappa shape index (κ1) is 31.8. The highest BCUT2D eigenvalue weighted by molar-refractivity contribution is 6.31. The molecule has 0 spiro atoms. The van der Waals surface area contributed by atoms with Crippen LogP contribution in [0.4, 0.5) is 18.9 Å². The highest BCUT2D eigenvalue weighted by Gasteiger charge is 2.32. The van der Waals surface area contributed by atoms with Crippen LogP contribution in [0.15, 0.2) is 47.8 Å². The predicted molar refractivity (Wildman–Crippen MR) is 148 cm³/mol. The Morgan fingerprint density at radius 2 is 2.07 bits per heavy atom. The van der Waals surface area contributed by atoms with Gasteiger partial charge in [-0.1, -0.05) is 11.6 Å². The summed E-state index contributed by atoms with van der Waals surface area (Å²) < 4.78 is 55.2. The van der Waals surface area contributed by atoms with Gasteiger partial charge in [0, 0.05) is 56.3 Å². The lowest BCUT2D eigenvalue weighted by Gasteiger charge is -2.17. The number of halogens is 4. The highest BCUT2D eigenvalue weighted by atomic mass is 35.5. The van der Waals surface area contributed by atoms with Crippen molar-refractivity contribution < 1.29 is 37.0 Å². The third-order valence-corrected chi connectivity index (χ3v) is 6.89. The van der Waals surface area contributed by atoms with Gasteiger partial charge in [-0.3, -0.25) is 19.1 Å². The molecule has 2 unspecified atom stereocenters. The van der Waals surface area contributed by atoms with Gasteiger partial charge in [-0.15, -0.1) is 0 Å². The number of anilines is 1. The van der Waals surface area contributed by atoms with Gasteiger partial charge in [0.1, 0.15) is 17.7 Å². The van der Waals surface area contributed by atoms with Crippen molar-refractivity contribution in [3.63, 3.8) is 0 Å². The summed E-state index contributed by atoms with van der Waals surface area (Å²) in [5.74, 6) is 0.0285. The molecule has 2 amide bonds. The topological polar surface area (TPSA) is 141 Å². The van der Waals surface area contributed by atoms with Gasteiger partial charge in [-0.2, -0.15) is 18.3 Å². The number of likely N-dealkylation sites (tertiary alicyclic amines) is 1. The highest BCUT2D eigenvalue weighted by Crippen LogP contribution is 2.33. The number of rotatable bonds is 8. The largest absolute Gasteiger partial charge is 0.482 e. The zero-order valence-electron chi connectivity index (χ0n) is 23.1. The fourth-order valence-electron chi connectivity index (χ4n) is 4.38. The predicted octanol–water partition coefficient (Wildman–Crippen LogP) is 3.38. The number of aromatic amines is 1. The number of ether oxygens (including phenoxy) is 3. The molecule has 3 aromatic rings. The molecule has 5 rings (SSSR count). The van der Waals surface area contributed by atoms with E-state index in [1.165, 1.54) is 30.1 Å². The number of carbonyl (C=O) groups is 2. The van der Waals surface area contributed by atoms with Crippen LogP contribution in [0.25, 0.3) is 0 Å². The molecule has 0 saturated carbocycles. The summed E-state index contributed by atoms with van der Waals surface area (Å²) in [4.78, 5) is 43.4. The third kappa shape index (κ3) is 9.19. The molecule has 2 atom stereocenters. The number of pyridine rings is 2. The van der Waals surface area contributed by atoms with Gasteiger partial charge in [-0.25, -0.2) is 4.98 Å². The Labute approximate surface area is 249 Å². The molecule has 5 heterocycles. The first-order chi connectivity index (χ1) is 20.5. The number of nitrogens with one attached hydrogen (secondary N) is 2. The van der Waals surface area contributed by atoms with Crippen LogP contribution < -0.4 is 20.2 Å². The maximum absolute atomic E-state index is 12.7. The van der Waals surface area contributed by atoms with Crippen LogP contribution in [0, 0.1) is 5.92 Å². The molecule has 0 radical (unpaired) electrons. The van der Waals surface area contributed by atoms with Gasteiger partial charge >= 0.3 is 6.18 Å². The van der Waals surface area contributed by atoms with E-state index in [-0.39, 0.29) is 47.2 Å². The second-order valence-corrected chi connectivity index (χ2v) is 10.2. The van der Waals surface area contributed by atoms with Crippen molar-refractivity contribution in [3.8, 4) is 11.8 Å². The van der Waals surface area contributed by atoms with Crippen molar-refractivity contribution in [2.24, 2.45) is 5.92 Å². The Morgan fingerprint density at radius 1 is 1.26 bits per heavy atom. The number of alkyl halides is 3. The maximum atomic E-state index is 12.7. The Balaban J connectivity index is 0.000000403. The number of nitrogens with zero attached hydrogens (tertiary/aromatic N) is 4. The average Bonchev–Trinajstić information content (AvgIpc) is 3.75. The smallest absolute Gasteiger partial charge is 0.417 e. The van der Waals surface area contributed by atoms with Crippen LogP contribution in [0.2, 0.25) is 5.02 Å². The van der Waals surface area contributed by atoms with Crippen LogP contribution >= 0.6 is 11.6 Å². The van der Waals surface area contributed by atoms with Gasteiger partial charge in [0.05, 0.1) is 31.2 Å². The Bertz CT molecular complexity index is 1460. The van der Waals surface area contributed by atoms with Crippen LogP contribution in [0.1, 0.15) is 24.8 Å². The number of hydrogen-bond donors (Lipinski definition) is 2. The maximum Gasteiger partial charge on any atom is 0.417 e.